The fourth-order valence-corrected chi connectivity index (χ4v) is 8.50. The van der Waals surface area contributed by atoms with E-state index in [9.17, 15) is 56.4 Å². The first-order valence-electron chi connectivity index (χ1n) is 27.5. The lowest BCUT2D eigenvalue weighted by Gasteiger charge is -2.27. The molecule has 466 valence electrons. The normalized spacial score (nSPS) is 17.1. The highest BCUT2D eigenvalue weighted by Gasteiger charge is 2.34. The van der Waals surface area contributed by atoms with Crippen molar-refractivity contribution >= 4 is 75.4 Å². The molecule has 1 aliphatic rings. The summed E-state index contributed by atoms with van der Waals surface area (Å²) in [5, 5.41) is 34.8. The van der Waals surface area contributed by atoms with Crippen molar-refractivity contribution in [3.8, 4) is 5.75 Å². The maximum Gasteiger partial charge on any atom is 0.305 e. The van der Waals surface area contributed by atoms with Crippen molar-refractivity contribution in [2.75, 3.05) is 90.9 Å². The smallest absolute Gasteiger partial charge is 0.305 e. The first-order chi connectivity index (χ1) is 40.7. The molecule has 4 rings (SSSR count). The van der Waals surface area contributed by atoms with E-state index >= 15 is 0 Å². The van der Waals surface area contributed by atoms with Gasteiger partial charge in [0, 0.05) is 63.9 Å². The number of pyridine rings is 1. The van der Waals surface area contributed by atoms with Crippen molar-refractivity contribution in [1.82, 2.24) is 47.5 Å². The molecule has 3 aromatic rings. The Morgan fingerprint density at radius 1 is 0.753 bits per heavy atom. The van der Waals surface area contributed by atoms with Crippen LogP contribution in [0.3, 0.4) is 0 Å². The molecule has 2 heterocycles. The quantitative estimate of drug-likeness (QED) is 0.0103. The molecule has 0 saturated carbocycles. The highest BCUT2D eigenvalue weighted by molar-refractivity contribution is 7.86. The zero-order valence-electron chi connectivity index (χ0n) is 47.5. The number of anilines is 1. The molecular formula is C54H78N14O16S. The van der Waals surface area contributed by atoms with Gasteiger partial charge in [-0.05, 0) is 67.5 Å². The van der Waals surface area contributed by atoms with E-state index in [0.29, 0.717) is 101 Å². The lowest BCUT2D eigenvalue weighted by Crippen LogP contribution is -2.59. The SMILES string of the molecule is CC(C)[C@@H]1NC(=O)[C@@H](Cc2ccc(OCCCNC(=O)CCNCCOCCOCCOCCCNC(=O)c3ccc(N/N=C/c4ccccc4S(=O)(=O)O)nc3)cc2)NC(=O)[C@H](CC(=O)O)NC(=O)CNC(=O)[C@H](CCCN=C(N)N)NC1=O. The standard InChI is InChI=1S/C54H78N14O16S/c1-35(2)48-53(77)65-40(9-5-18-60-54(55)56)50(74)62-34-46(70)64-42(31-47(71)72)51(75)66-41(52(76)67-48)30-36-11-14-39(15-12-36)84-24-7-19-58-45(69)17-21-57-22-25-82-27-29-83-28-26-81-23-6-20-59-49(73)38-13-16-44(61-32-38)68-63-33-37-8-3-4-10-43(37)85(78,79)80/h3-4,8,10-16,32-33,35,40-42,48,57H,5-7,9,17-31,34H2,1-2H3,(H,58,69)(H,59,73)(H,61,68)(H,62,74)(H,64,70)(H,65,77)(H,66,75)(H,67,76)(H,71,72)(H4,55,56,60)(H,78,79,80)/b63-33+/t40-,41+,42-,48-/m0/s1. The number of carboxylic acids is 1. The van der Waals surface area contributed by atoms with E-state index < -0.39 is 88.7 Å². The van der Waals surface area contributed by atoms with Crippen LogP contribution in [0, 0.1) is 5.92 Å². The van der Waals surface area contributed by atoms with E-state index in [-0.39, 0.29) is 67.1 Å². The summed E-state index contributed by atoms with van der Waals surface area (Å²) in [6.45, 7) is 7.14. The third-order valence-electron chi connectivity index (χ3n) is 12.2. The molecule has 0 aliphatic carbocycles. The summed E-state index contributed by atoms with van der Waals surface area (Å²) in [7, 11) is -4.42. The number of guanidine groups is 1. The Hall–Kier alpha value is -8.36. The van der Waals surface area contributed by atoms with Gasteiger partial charge in [0.05, 0.1) is 64.4 Å². The van der Waals surface area contributed by atoms with Crippen LogP contribution in [0.4, 0.5) is 5.82 Å². The molecule has 4 atom stereocenters. The van der Waals surface area contributed by atoms with Crippen molar-refractivity contribution in [2.24, 2.45) is 27.5 Å². The van der Waals surface area contributed by atoms with Crippen molar-refractivity contribution in [3.05, 3.63) is 83.6 Å². The highest BCUT2D eigenvalue weighted by atomic mass is 32.2. The van der Waals surface area contributed by atoms with Gasteiger partial charge in [-0.3, -0.25) is 53.3 Å². The molecule has 15 N–H and O–H groups in total. The van der Waals surface area contributed by atoms with Gasteiger partial charge in [-0.2, -0.15) is 13.5 Å². The number of hydrazone groups is 1. The van der Waals surface area contributed by atoms with Crippen LogP contribution < -0.4 is 64.2 Å². The number of benzene rings is 2. The molecule has 0 spiro atoms. The Bertz CT molecular complexity index is 2820. The molecule has 7 amide bonds. The summed E-state index contributed by atoms with van der Waals surface area (Å²) in [5.41, 5.74) is 14.5. The van der Waals surface area contributed by atoms with Crippen molar-refractivity contribution in [2.45, 2.75) is 87.9 Å². The number of hydrogen-bond donors (Lipinski definition) is 13. The molecule has 31 heteroatoms. The number of amides is 7. The molecule has 0 radical (unpaired) electrons. The van der Waals surface area contributed by atoms with E-state index in [1.807, 2.05) is 0 Å². The summed E-state index contributed by atoms with van der Waals surface area (Å²) in [6.07, 6.45) is 3.27. The number of carbonyl (C=O) groups is 8. The molecule has 30 nitrogen and oxygen atoms in total. The Kier molecular flexibility index (Phi) is 30.7. The lowest BCUT2D eigenvalue weighted by atomic mass is 9.99. The van der Waals surface area contributed by atoms with Crippen molar-refractivity contribution in [1.29, 1.82) is 0 Å². The van der Waals surface area contributed by atoms with Crippen molar-refractivity contribution < 1.29 is 75.4 Å². The van der Waals surface area contributed by atoms with Gasteiger partial charge in [0.2, 0.25) is 35.4 Å². The Morgan fingerprint density at radius 3 is 2.11 bits per heavy atom. The summed E-state index contributed by atoms with van der Waals surface area (Å²) < 4.78 is 54.9. The predicted molar refractivity (Wildman–Crippen MR) is 310 cm³/mol. The minimum atomic E-state index is -4.42. The predicted octanol–water partition coefficient (Wildman–Crippen LogP) is -1.70. The van der Waals surface area contributed by atoms with Gasteiger partial charge in [-0.15, -0.1) is 0 Å². The number of aliphatic carboxylic acids is 1. The number of nitrogens with two attached hydrogens (primary N) is 2. The van der Waals surface area contributed by atoms with E-state index in [0.717, 1.165) is 0 Å². The number of hydrogen-bond acceptors (Lipinski definition) is 19. The van der Waals surface area contributed by atoms with Gasteiger partial charge in [-0.1, -0.05) is 44.2 Å². The minimum Gasteiger partial charge on any atom is -0.494 e. The number of carbonyl (C=O) groups excluding carboxylic acids is 7. The van der Waals surface area contributed by atoms with Crippen LogP contribution in [0.25, 0.3) is 0 Å². The molecule has 2 aromatic carbocycles. The topological polar surface area (TPSA) is 446 Å². The van der Waals surface area contributed by atoms with Gasteiger partial charge in [0.25, 0.3) is 16.0 Å². The molecule has 85 heavy (non-hydrogen) atoms. The fraction of sp³-hybridized carbons (Fsp3) is 0.500. The minimum absolute atomic E-state index is 0.0520. The number of nitrogens with one attached hydrogen (secondary N) is 9. The molecule has 1 aliphatic heterocycles. The number of carboxylic acid groups (broad SMARTS) is 1. The van der Waals surface area contributed by atoms with E-state index in [2.05, 4.69) is 63.0 Å². The summed E-state index contributed by atoms with van der Waals surface area (Å²) in [5.74, 6) is -5.88. The number of nitrogens with zero attached hydrogens (tertiary/aromatic N) is 3. The molecular weight excluding hydrogens is 1130 g/mol. The first kappa shape index (κ1) is 69.1. The first-order valence-corrected chi connectivity index (χ1v) is 28.9. The monoisotopic (exact) mass is 1210 g/mol. The second-order valence-electron chi connectivity index (χ2n) is 19.4. The second-order valence-corrected chi connectivity index (χ2v) is 20.8. The molecule has 1 fully saturated rings. The highest BCUT2D eigenvalue weighted by Crippen LogP contribution is 2.16. The maximum absolute atomic E-state index is 13.9. The van der Waals surface area contributed by atoms with Crippen LogP contribution >= 0.6 is 0 Å². The number of aromatic nitrogens is 1. The van der Waals surface area contributed by atoms with E-state index in [1.54, 1.807) is 50.2 Å². The molecule has 0 unspecified atom stereocenters. The van der Waals surface area contributed by atoms with Gasteiger partial charge >= 0.3 is 5.97 Å². The zero-order chi connectivity index (χ0) is 62.0. The van der Waals surface area contributed by atoms with Crippen LogP contribution in [-0.2, 0) is 64.3 Å². The van der Waals surface area contributed by atoms with Gasteiger partial charge in [0.1, 0.15) is 40.6 Å². The van der Waals surface area contributed by atoms with Gasteiger partial charge in [-0.25, -0.2) is 4.98 Å². The largest absolute Gasteiger partial charge is 0.494 e. The van der Waals surface area contributed by atoms with Crippen LogP contribution in [-0.4, -0.2) is 192 Å². The Morgan fingerprint density at radius 2 is 1.42 bits per heavy atom. The van der Waals surface area contributed by atoms with E-state index in [1.165, 1.54) is 36.7 Å². The average Bonchev–Trinajstić information content (AvgIpc) is 3.48. The summed E-state index contributed by atoms with van der Waals surface area (Å²) >= 11 is 0. The maximum atomic E-state index is 13.9. The molecule has 1 saturated heterocycles. The molecule has 0 bridgehead atoms. The average molecular weight is 1210 g/mol. The fourth-order valence-electron chi connectivity index (χ4n) is 7.84. The van der Waals surface area contributed by atoms with Crippen LogP contribution in [0.15, 0.2) is 81.8 Å². The molecule has 1 aromatic heterocycles. The van der Waals surface area contributed by atoms with Gasteiger partial charge in [0.15, 0.2) is 5.96 Å². The number of ether oxygens (including phenoxy) is 4. The zero-order valence-corrected chi connectivity index (χ0v) is 48.3. The van der Waals surface area contributed by atoms with E-state index in [4.69, 9.17) is 30.4 Å². The van der Waals surface area contributed by atoms with Crippen LogP contribution in [0.1, 0.15) is 73.9 Å². The number of rotatable bonds is 35. The third-order valence-corrected chi connectivity index (χ3v) is 13.2. The second kappa shape index (κ2) is 37.8. The van der Waals surface area contributed by atoms with Crippen LogP contribution in [0.2, 0.25) is 0 Å². The Labute approximate surface area is 492 Å². The van der Waals surface area contributed by atoms with Gasteiger partial charge < -0.3 is 78.1 Å². The lowest BCUT2D eigenvalue weighted by molar-refractivity contribution is -0.141. The van der Waals surface area contributed by atoms with Crippen molar-refractivity contribution in [3.63, 3.8) is 0 Å². The number of aliphatic imine (C=N–C) groups is 1. The summed E-state index contributed by atoms with van der Waals surface area (Å²) in [6, 6.07) is 10.2. The third kappa shape index (κ3) is 27.7. The summed E-state index contributed by atoms with van der Waals surface area (Å²) in [4.78, 5) is 112. The Balaban J connectivity index is 1.05. The van der Waals surface area contributed by atoms with Crippen LogP contribution in [0.5, 0.6) is 5.75 Å².